The molecule has 0 aliphatic carbocycles. The molecule has 0 aromatic heterocycles. The molecule has 0 atom stereocenters. The lowest BCUT2D eigenvalue weighted by atomic mass is 10.1. The van der Waals surface area contributed by atoms with E-state index in [1.165, 1.54) is 30.3 Å². The number of benzene rings is 3. The monoisotopic (exact) mass is 396 g/mol. The summed E-state index contributed by atoms with van der Waals surface area (Å²) in [6.45, 7) is 0.132. The smallest absolute Gasteiger partial charge is 0.255 e. The Labute approximate surface area is 164 Å². The Morgan fingerprint density at radius 3 is 2.00 bits per heavy atom. The fourth-order valence-electron chi connectivity index (χ4n) is 2.75. The van der Waals surface area contributed by atoms with E-state index in [1.54, 1.807) is 18.2 Å². The van der Waals surface area contributed by atoms with Crippen LogP contribution < -0.4 is 20.1 Å². The molecule has 0 unspecified atom stereocenters. The van der Waals surface area contributed by atoms with Crippen LogP contribution in [-0.2, 0) is 0 Å². The van der Waals surface area contributed by atoms with Crippen LogP contribution in [-0.4, -0.2) is 18.6 Å². The predicted octanol–water partition coefficient (Wildman–Crippen LogP) is 4.20. The van der Waals surface area contributed by atoms with E-state index in [0.717, 1.165) is 12.1 Å². The van der Waals surface area contributed by atoms with Crippen LogP contribution >= 0.6 is 0 Å². The van der Waals surface area contributed by atoms with Crippen LogP contribution in [0.3, 0.4) is 0 Å². The fraction of sp³-hybridized carbons (Fsp3) is 0.0476. The minimum Gasteiger partial charge on any atom is -0.454 e. The maximum Gasteiger partial charge on any atom is 0.255 e. The molecule has 4 rings (SSSR count). The largest absolute Gasteiger partial charge is 0.454 e. The molecule has 1 aliphatic heterocycles. The number of halogens is 2. The second kappa shape index (κ2) is 7.59. The lowest BCUT2D eigenvalue weighted by Gasteiger charge is -2.09. The van der Waals surface area contributed by atoms with Crippen molar-refractivity contribution < 1.29 is 27.8 Å². The van der Waals surface area contributed by atoms with Crippen LogP contribution in [0.5, 0.6) is 11.5 Å². The number of carbonyl (C=O) groups excluding carboxylic acids is 2. The standard InChI is InChI=1S/C21H14F2N2O4/c22-15-2-1-3-16(23)19(15)25-21(27)13-6-4-12(5-7-13)20(26)24-14-8-9-17-18(10-14)29-11-28-17/h1-10H,11H2,(H,24,26)(H,25,27). The summed E-state index contributed by atoms with van der Waals surface area (Å²) in [4.78, 5) is 24.6. The van der Waals surface area contributed by atoms with Gasteiger partial charge in [0.2, 0.25) is 6.79 Å². The number of anilines is 2. The maximum atomic E-state index is 13.7. The molecule has 8 heteroatoms. The molecule has 2 amide bonds. The third-order valence-electron chi connectivity index (χ3n) is 4.24. The van der Waals surface area contributed by atoms with Gasteiger partial charge in [0.15, 0.2) is 11.5 Å². The van der Waals surface area contributed by atoms with Gasteiger partial charge in [-0.1, -0.05) is 6.07 Å². The van der Waals surface area contributed by atoms with Crippen molar-refractivity contribution in [2.75, 3.05) is 17.4 Å². The first kappa shape index (κ1) is 18.4. The van der Waals surface area contributed by atoms with Gasteiger partial charge >= 0.3 is 0 Å². The van der Waals surface area contributed by atoms with Crippen LogP contribution in [0.2, 0.25) is 0 Å². The Bertz CT molecular complexity index is 1080. The van der Waals surface area contributed by atoms with Gasteiger partial charge in [0, 0.05) is 22.9 Å². The van der Waals surface area contributed by atoms with Gasteiger partial charge in [0.25, 0.3) is 11.8 Å². The number of para-hydroxylation sites is 1. The number of hydrogen-bond acceptors (Lipinski definition) is 4. The van der Waals surface area contributed by atoms with Crippen LogP contribution in [0.1, 0.15) is 20.7 Å². The molecule has 0 spiro atoms. The summed E-state index contributed by atoms with van der Waals surface area (Å²) in [5.74, 6) is -1.70. The number of rotatable bonds is 4. The third-order valence-corrected chi connectivity index (χ3v) is 4.24. The Balaban J connectivity index is 1.44. The molecule has 3 aromatic rings. The summed E-state index contributed by atoms with van der Waals surface area (Å²) < 4.78 is 37.8. The molecule has 29 heavy (non-hydrogen) atoms. The Hall–Kier alpha value is -3.94. The summed E-state index contributed by atoms with van der Waals surface area (Å²) in [5.41, 5.74) is 0.446. The molecule has 0 saturated heterocycles. The van der Waals surface area contributed by atoms with Gasteiger partial charge in [-0.2, -0.15) is 0 Å². The molecule has 3 aromatic carbocycles. The topological polar surface area (TPSA) is 76.7 Å². The number of hydrogen-bond donors (Lipinski definition) is 2. The zero-order valence-corrected chi connectivity index (χ0v) is 14.9. The van der Waals surface area contributed by atoms with Crippen molar-refractivity contribution in [2.45, 2.75) is 0 Å². The van der Waals surface area contributed by atoms with Crippen molar-refractivity contribution in [3.05, 3.63) is 83.4 Å². The molecule has 6 nitrogen and oxygen atoms in total. The molecule has 0 bridgehead atoms. The first-order valence-corrected chi connectivity index (χ1v) is 8.58. The lowest BCUT2D eigenvalue weighted by Crippen LogP contribution is -2.15. The molecular formula is C21H14F2N2O4. The Kier molecular flexibility index (Phi) is 4.82. The first-order chi connectivity index (χ1) is 14.0. The van der Waals surface area contributed by atoms with Gasteiger partial charge in [-0.25, -0.2) is 8.78 Å². The van der Waals surface area contributed by atoms with Crippen molar-refractivity contribution >= 4 is 23.2 Å². The van der Waals surface area contributed by atoms with E-state index in [0.29, 0.717) is 22.7 Å². The molecule has 0 fully saturated rings. The van der Waals surface area contributed by atoms with E-state index in [2.05, 4.69) is 10.6 Å². The van der Waals surface area contributed by atoms with Gasteiger partial charge in [-0.15, -0.1) is 0 Å². The average molecular weight is 396 g/mol. The van der Waals surface area contributed by atoms with Crippen LogP contribution in [0.4, 0.5) is 20.2 Å². The van der Waals surface area contributed by atoms with Crippen LogP contribution in [0, 0.1) is 11.6 Å². The summed E-state index contributed by atoms with van der Waals surface area (Å²) >= 11 is 0. The van der Waals surface area contributed by atoms with E-state index in [9.17, 15) is 18.4 Å². The SMILES string of the molecule is O=C(Nc1ccc2c(c1)OCO2)c1ccc(C(=O)Nc2c(F)cccc2F)cc1. The van der Waals surface area contributed by atoms with Gasteiger partial charge < -0.3 is 20.1 Å². The van der Waals surface area contributed by atoms with Crippen molar-refractivity contribution in [1.29, 1.82) is 0 Å². The van der Waals surface area contributed by atoms with Crippen molar-refractivity contribution in [2.24, 2.45) is 0 Å². The van der Waals surface area contributed by atoms with Crippen LogP contribution in [0.15, 0.2) is 60.7 Å². The average Bonchev–Trinajstić information content (AvgIpc) is 3.18. The van der Waals surface area contributed by atoms with E-state index in [4.69, 9.17) is 9.47 Å². The number of fused-ring (bicyclic) bond motifs is 1. The molecular weight excluding hydrogens is 382 g/mol. The Morgan fingerprint density at radius 1 is 0.759 bits per heavy atom. The lowest BCUT2D eigenvalue weighted by molar-refractivity contribution is 0.101. The molecule has 146 valence electrons. The number of carbonyl (C=O) groups is 2. The van der Waals surface area contributed by atoms with E-state index >= 15 is 0 Å². The van der Waals surface area contributed by atoms with Gasteiger partial charge in [-0.05, 0) is 48.5 Å². The highest BCUT2D eigenvalue weighted by atomic mass is 19.1. The zero-order valence-electron chi connectivity index (χ0n) is 14.9. The minimum atomic E-state index is -0.877. The predicted molar refractivity (Wildman–Crippen MR) is 101 cm³/mol. The summed E-state index contributed by atoms with van der Waals surface area (Å²) in [7, 11) is 0. The summed E-state index contributed by atoms with van der Waals surface area (Å²) in [6.07, 6.45) is 0. The van der Waals surface area contributed by atoms with Crippen molar-refractivity contribution in [3.8, 4) is 11.5 Å². The highest BCUT2D eigenvalue weighted by Crippen LogP contribution is 2.34. The van der Waals surface area contributed by atoms with Crippen LogP contribution in [0.25, 0.3) is 0 Å². The molecule has 0 radical (unpaired) electrons. The second-order valence-corrected chi connectivity index (χ2v) is 6.15. The number of nitrogens with one attached hydrogen (secondary N) is 2. The second-order valence-electron chi connectivity index (χ2n) is 6.15. The quantitative estimate of drug-likeness (QED) is 0.693. The van der Waals surface area contributed by atoms with E-state index < -0.39 is 29.1 Å². The zero-order chi connectivity index (χ0) is 20.4. The first-order valence-electron chi connectivity index (χ1n) is 8.58. The maximum absolute atomic E-state index is 13.7. The minimum absolute atomic E-state index is 0.132. The molecule has 2 N–H and O–H groups in total. The normalized spacial score (nSPS) is 11.8. The van der Waals surface area contributed by atoms with Gasteiger partial charge in [0.1, 0.15) is 17.3 Å². The molecule has 1 aliphatic rings. The molecule has 1 heterocycles. The van der Waals surface area contributed by atoms with Gasteiger partial charge in [-0.3, -0.25) is 9.59 Å². The Morgan fingerprint density at radius 2 is 1.34 bits per heavy atom. The number of amides is 2. The van der Waals surface area contributed by atoms with Gasteiger partial charge in [0.05, 0.1) is 0 Å². The third kappa shape index (κ3) is 3.86. The van der Waals surface area contributed by atoms with E-state index in [1.807, 2.05) is 0 Å². The van der Waals surface area contributed by atoms with Crippen molar-refractivity contribution in [1.82, 2.24) is 0 Å². The fourth-order valence-corrected chi connectivity index (χ4v) is 2.75. The highest BCUT2D eigenvalue weighted by molar-refractivity contribution is 6.07. The summed E-state index contributed by atoms with van der Waals surface area (Å²) in [6, 6.07) is 14.0. The molecule has 0 saturated carbocycles. The van der Waals surface area contributed by atoms with Crippen molar-refractivity contribution in [3.63, 3.8) is 0 Å². The van der Waals surface area contributed by atoms with E-state index in [-0.39, 0.29) is 12.4 Å². The highest BCUT2D eigenvalue weighted by Gasteiger charge is 2.16. The number of ether oxygens (including phenoxy) is 2. The summed E-state index contributed by atoms with van der Waals surface area (Å²) in [5, 5.41) is 4.91.